The van der Waals surface area contributed by atoms with E-state index < -0.39 is 18.6 Å². The number of hydrogen-bond acceptors (Lipinski definition) is 2. The van der Waals surface area contributed by atoms with Crippen molar-refractivity contribution in [2.24, 2.45) is 0 Å². The highest BCUT2D eigenvalue weighted by Crippen LogP contribution is 2.22. The SMILES string of the molecule is CCN(CC(=O)NCC(F)(F)F)C1CCCCC1. The summed E-state index contributed by atoms with van der Waals surface area (Å²) < 4.78 is 35.9. The summed E-state index contributed by atoms with van der Waals surface area (Å²) >= 11 is 0. The lowest BCUT2D eigenvalue weighted by molar-refractivity contribution is -0.139. The first-order valence-corrected chi connectivity index (χ1v) is 6.50. The number of nitrogens with zero attached hydrogens (tertiary/aromatic N) is 1. The number of halogens is 3. The molecule has 0 aliphatic heterocycles. The van der Waals surface area contributed by atoms with Gasteiger partial charge in [0.05, 0.1) is 6.54 Å². The van der Waals surface area contributed by atoms with Gasteiger partial charge in [0.1, 0.15) is 6.54 Å². The van der Waals surface area contributed by atoms with Gasteiger partial charge in [-0.3, -0.25) is 9.69 Å². The van der Waals surface area contributed by atoms with Crippen molar-refractivity contribution in [2.75, 3.05) is 19.6 Å². The van der Waals surface area contributed by atoms with E-state index in [0.29, 0.717) is 12.6 Å². The van der Waals surface area contributed by atoms with Crippen molar-refractivity contribution in [3.8, 4) is 0 Å². The zero-order chi connectivity index (χ0) is 13.6. The quantitative estimate of drug-likeness (QED) is 0.828. The molecule has 0 radical (unpaired) electrons. The summed E-state index contributed by atoms with van der Waals surface area (Å²) in [5.74, 6) is -0.542. The standard InChI is InChI=1S/C12H21F3N2O/c1-2-17(10-6-4-3-5-7-10)8-11(18)16-9-12(13,14)15/h10H,2-9H2,1H3,(H,16,18). The molecule has 1 aliphatic carbocycles. The van der Waals surface area contributed by atoms with Crippen molar-refractivity contribution in [1.29, 1.82) is 0 Å². The van der Waals surface area contributed by atoms with Crippen LogP contribution in [-0.2, 0) is 4.79 Å². The lowest BCUT2D eigenvalue weighted by Crippen LogP contribution is -2.45. The fourth-order valence-electron chi connectivity index (χ4n) is 2.38. The Morgan fingerprint density at radius 1 is 1.28 bits per heavy atom. The summed E-state index contributed by atoms with van der Waals surface area (Å²) in [6, 6.07) is 0.348. The predicted molar refractivity (Wildman–Crippen MR) is 63.2 cm³/mol. The first-order chi connectivity index (χ1) is 8.42. The van der Waals surface area contributed by atoms with Crippen LogP contribution in [0.1, 0.15) is 39.0 Å². The molecule has 1 aliphatic rings. The Labute approximate surface area is 106 Å². The topological polar surface area (TPSA) is 32.3 Å². The Morgan fingerprint density at radius 3 is 2.39 bits per heavy atom. The van der Waals surface area contributed by atoms with Crippen molar-refractivity contribution < 1.29 is 18.0 Å². The van der Waals surface area contributed by atoms with Crippen LogP contribution in [0.2, 0.25) is 0 Å². The fraction of sp³-hybridized carbons (Fsp3) is 0.917. The Hall–Kier alpha value is -0.780. The molecule has 0 heterocycles. The molecule has 0 aromatic rings. The van der Waals surface area contributed by atoms with E-state index in [0.717, 1.165) is 25.7 Å². The second kappa shape index (κ2) is 6.97. The van der Waals surface area contributed by atoms with E-state index in [2.05, 4.69) is 0 Å². The number of nitrogens with one attached hydrogen (secondary N) is 1. The summed E-state index contributed by atoms with van der Waals surface area (Å²) in [6.45, 7) is 1.46. The highest BCUT2D eigenvalue weighted by molar-refractivity contribution is 5.78. The van der Waals surface area contributed by atoms with Crippen LogP contribution in [0.15, 0.2) is 0 Å². The molecule has 0 spiro atoms. The Balaban J connectivity index is 2.35. The molecule has 18 heavy (non-hydrogen) atoms. The zero-order valence-electron chi connectivity index (χ0n) is 10.7. The van der Waals surface area contributed by atoms with Crippen LogP contribution in [0.25, 0.3) is 0 Å². The summed E-state index contributed by atoms with van der Waals surface area (Å²) in [4.78, 5) is 13.4. The van der Waals surface area contributed by atoms with Gasteiger partial charge < -0.3 is 5.32 Å². The zero-order valence-corrected chi connectivity index (χ0v) is 10.7. The molecule has 3 nitrogen and oxygen atoms in total. The molecule has 1 fully saturated rings. The fourth-order valence-corrected chi connectivity index (χ4v) is 2.38. The van der Waals surface area contributed by atoms with Crippen LogP contribution < -0.4 is 5.32 Å². The number of likely N-dealkylation sites (N-methyl/N-ethyl adjacent to an activating group) is 1. The average Bonchev–Trinajstić information content (AvgIpc) is 2.33. The minimum atomic E-state index is -4.34. The van der Waals surface area contributed by atoms with E-state index in [9.17, 15) is 18.0 Å². The van der Waals surface area contributed by atoms with Gasteiger partial charge in [-0.2, -0.15) is 13.2 Å². The van der Waals surface area contributed by atoms with Crippen LogP contribution >= 0.6 is 0 Å². The van der Waals surface area contributed by atoms with Crippen molar-refractivity contribution in [1.82, 2.24) is 10.2 Å². The molecular weight excluding hydrogens is 245 g/mol. The van der Waals surface area contributed by atoms with Gasteiger partial charge in [-0.1, -0.05) is 26.2 Å². The summed E-state index contributed by atoms with van der Waals surface area (Å²) in [7, 11) is 0. The van der Waals surface area contributed by atoms with Crippen molar-refractivity contribution in [3.63, 3.8) is 0 Å². The molecule has 0 aromatic carbocycles. The normalized spacial score (nSPS) is 18.1. The van der Waals surface area contributed by atoms with Gasteiger partial charge in [0.15, 0.2) is 0 Å². The van der Waals surface area contributed by atoms with E-state index in [-0.39, 0.29) is 6.54 Å². The lowest BCUT2D eigenvalue weighted by Gasteiger charge is -2.32. The number of rotatable bonds is 5. The van der Waals surface area contributed by atoms with Gasteiger partial charge in [0.2, 0.25) is 5.91 Å². The maximum absolute atomic E-state index is 12.0. The molecule has 6 heteroatoms. The van der Waals surface area contributed by atoms with E-state index in [1.54, 1.807) is 0 Å². The highest BCUT2D eigenvalue weighted by Gasteiger charge is 2.28. The van der Waals surface area contributed by atoms with Gasteiger partial charge in [-0.15, -0.1) is 0 Å². The molecule has 0 bridgehead atoms. The summed E-state index contributed by atoms with van der Waals surface area (Å²) in [5, 5.41) is 1.92. The third kappa shape index (κ3) is 5.71. The third-order valence-electron chi connectivity index (χ3n) is 3.33. The predicted octanol–water partition coefficient (Wildman–Crippen LogP) is 2.32. The van der Waals surface area contributed by atoms with Gasteiger partial charge >= 0.3 is 6.18 Å². The van der Waals surface area contributed by atoms with Gasteiger partial charge in [0, 0.05) is 6.04 Å². The monoisotopic (exact) mass is 266 g/mol. The van der Waals surface area contributed by atoms with Gasteiger partial charge in [0.25, 0.3) is 0 Å². The first kappa shape index (κ1) is 15.3. The molecule has 0 aromatic heterocycles. The number of amides is 1. The molecule has 0 saturated heterocycles. The maximum atomic E-state index is 12.0. The summed E-state index contributed by atoms with van der Waals surface area (Å²) in [6.07, 6.45) is 1.25. The molecule has 0 atom stereocenters. The maximum Gasteiger partial charge on any atom is 0.405 e. The lowest BCUT2D eigenvalue weighted by atomic mass is 9.94. The number of carbonyl (C=O) groups excluding carboxylic acids is 1. The van der Waals surface area contributed by atoms with Crippen LogP contribution in [0, 0.1) is 0 Å². The van der Waals surface area contributed by atoms with Crippen molar-refractivity contribution in [2.45, 2.75) is 51.2 Å². The largest absolute Gasteiger partial charge is 0.405 e. The molecule has 1 amide bonds. The first-order valence-electron chi connectivity index (χ1n) is 6.50. The van der Waals surface area contributed by atoms with Crippen molar-refractivity contribution in [3.05, 3.63) is 0 Å². The minimum absolute atomic E-state index is 0.0667. The van der Waals surface area contributed by atoms with E-state index in [4.69, 9.17) is 0 Å². The Kier molecular flexibility index (Phi) is 5.91. The smallest absolute Gasteiger partial charge is 0.346 e. The number of hydrogen-bond donors (Lipinski definition) is 1. The van der Waals surface area contributed by atoms with Crippen LogP contribution in [0.4, 0.5) is 13.2 Å². The molecular formula is C12H21F3N2O. The third-order valence-corrected chi connectivity index (χ3v) is 3.33. The van der Waals surface area contributed by atoms with Crippen LogP contribution in [-0.4, -0.2) is 42.7 Å². The minimum Gasteiger partial charge on any atom is -0.346 e. The van der Waals surface area contributed by atoms with E-state index in [1.165, 1.54) is 6.42 Å². The van der Waals surface area contributed by atoms with Crippen molar-refractivity contribution >= 4 is 5.91 Å². The second-order valence-corrected chi connectivity index (χ2v) is 4.75. The van der Waals surface area contributed by atoms with E-state index in [1.807, 2.05) is 17.1 Å². The van der Waals surface area contributed by atoms with Crippen LogP contribution in [0.5, 0.6) is 0 Å². The average molecular weight is 266 g/mol. The van der Waals surface area contributed by atoms with Gasteiger partial charge in [-0.05, 0) is 19.4 Å². The molecule has 1 N–H and O–H groups in total. The van der Waals surface area contributed by atoms with Crippen LogP contribution in [0.3, 0.4) is 0 Å². The molecule has 1 rings (SSSR count). The highest BCUT2D eigenvalue weighted by atomic mass is 19.4. The van der Waals surface area contributed by atoms with Gasteiger partial charge in [-0.25, -0.2) is 0 Å². The second-order valence-electron chi connectivity index (χ2n) is 4.75. The molecule has 106 valence electrons. The number of carbonyl (C=O) groups is 1. The molecule has 1 saturated carbocycles. The molecule has 0 unspecified atom stereocenters. The Bertz CT molecular complexity index is 263. The summed E-state index contributed by atoms with van der Waals surface area (Å²) in [5.41, 5.74) is 0. The van der Waals surface area contributed by atoms with E-state index >= 15 is 0 Å². The number of alkyl halides is 3. The Morgan fingerprint density at radius 2 is 1.89 bits per heavy atom.